The SMILES string of the molecule is [2H]CCCCCCCCCCCCCCCCCCCC=CC=CC(=O)N[C@H]1C(O)O[C@H](CO)[C@@H](O)[C@@H]1O. The minimum Gasteiger partial charge on any atom is -0.394 e. The molecule has 7 nitrogen and oxygen atoms in total. The monoisotopic (exact) mass is 526 g/mol. The summed E-state index contributed by atoms with van der Waals surface area (Å²) in [5.74, 6) is -0.515. The van der Waals surface area contributed by atoms with E-state index in [0.717, 1.165) is 19.3 Å². The van der Waals surface area contributed by atoms with Gasteiger partial charge in [-0.05, 0) is 12.8 Å². The van der Waals surface area contributed by atoms with Crippen LogP contribution in [0.2, 0.25) is 0 Å². The number of hydrogen-bond donors (Lipinski definition) is 5. The average Bonchev–Trinajstić information content (AvgIpc) is 2.91. The number of ether oxygens (including phenoxy) is 1. The molecule has 7 heteroatoms. The zero-order valence-corrected chi connectivity index (χ0v) is 22.9. The third-order valence-corrected chi connectivity index (χ3v) is 7.07. The smallest absolute Gasteiger partial charge is 0.244 e. The first-order chi connectivity index (χ1) is 18.5. The normalized spacial score (nSPS) is 24.6. The third-order valence-electron chi connectivity index (χ3n) is 7.07. The molecule has 0 bridgehead atoms. The highest BCUT2D eigenvalue weighted by atomic mass is 16.6. The van der Waals surface area contributed by atoms with Crippen LogP contribution in [0, 0.1) is 0 Å². The van der Waals surface area contributed by atoms with E-state index in [4.69, 9.17) is 11.2 Å². The number of nitrogens with one attached hydrogen (secondary N) is 1. The van der Waals surface area contributed by atoms with Gasteiger partial charge in [0.25, 0.3) is 0 Å². The molecule has 0 aromatic rings. The van der Waals surface area contributed by atoms with Crippen molar-refractivity contribution in [1.82, 2.24) is 5.32 Å². The molecule has 0 saturated carbocycles. The standard InChI is InChI=1S/C30H55NO6/c1-2-3-4-5-6-7-8-9-10-11-12-13-14-15-16-17-18-19-20-21-22-23-26(33)31-27-29(35)28(34)25(24-32)37-30(27)36/h20-23,25,27-30,32,34-36H,2-19,24H2,1H3,(H,31,33)/t25-,27-,28-,29-,30?/m1/s1/i1D. The molecule has 1 aliphatic heterocycles. The van der Waals surface area contributed by atoms with Gasteiger partial charge in [0.2, 0.25) is 5.91 Å². The number of allylic oxidation sites excluding steroid dienone is 3. The van der Waals surface area contributed by atoms with Crippen LogP contribution >= 0.6 is 0 Å². The Balaban J connectivity index is 1.91. The van der Waals surface area contributed by atoms with Gasteiger partial charge in [-0.2, -0.15) is 0 Å². The van der Waals surface area contributed by atoms with Gasteiger partial charge in [0, 0.05) is 7.45 Å². The predicted molar refractivity (Wildman–Crippen MR) is 149 cm³/mol. The van der Waals surface area contributed by atoms with E-state index in [0.29, 0.717) is 6.90 Å². The molecule has 1 aliphatic rings. The minimum absolute atomic E-state index is 0.515. The molecule has 5 N–H and O–H groups in total. The van der Waals surface area contributed by atoms with Crippen LogP contribution in [0.25, 0.3) is 0 Å². The summed E-state index contributed by atoms with van der Waals surface area (Å²) in [6, 6.07) is -1.18. The van der Waals surface area contributed by atoms with Gasteiger partial charge in [0.15, 0.2) is 6.29 Å². The Hall–Kier alpha value is -1.25. The summed E-state index contributed by atoms with van der Waals surface area (Å²) >= 11 is 0. The summed E-state index contributed by atoms with van der Waals surface area (Å²) in [6.45, 7) is 0.0423. The molecule has 37 heavy (non-hydrogen) atoms. The Labute approximate surface area is 226 Å². The van der Waals surface area contributed by atoms with Crippen molar-refractivity contribution in [3.05, 3.63) is 24.3 Å². The average molecular weight is 527 g/mol. The second-order valence-electron chi connectivity index (χ2n) is 10.3. The summed E-state index contributed by atoms with van der Waals surface area (Å²) < 4.78 is 12.2. The van der Waals surface area contributed by atoms with Crippen LogP contribution in [0.1, 0.15) is 124 Å². The largest absolute Gasteiger partial charge is 0.394 e. The molecular formula is C30H55NO6. The predicted octanol–water partition coefficient (Wildman–Crippen LogP) is 5.06. The Morgan fingerprint density at radius 2 is 1.30 bits per heavy atom. The lowest BCUT2D eigenvalue weighted by atomic mass is 9.97. The molecule has 1 amide bonds. The molecular weight excluding hydrogens is 470 g/mol. The highest BCUT2D eigenvalue weighted by Crippen LogP contribution is 2.20. The first-order valence-corrected chi connectivity index (χ1v) is 14.7. The van der Waals surface area contributed by atoms with Gasteiger partial charge in [-0.15, -0.1) is 0 Å². The zero-order chi connectivity index (χ0) is 27.8. The van der Waals surface area contributed by atoms with Crippen LogP contribution in [0.3, 0.4) is 0 Å². The van der Waals surface area contributed by atoms with Gasteiger partial charge < -0.3 is 30.5 Å². The van der Waals surface area contributed by atoms with E-state index >= 15 is 0 Å². The first kappa shape index (κ1) is 32.0. The van der Waals surface area contributed by atoms with Crippen molar-refractivity contribution in [3.63, 3.8) is 0 Å². The van der Waals surface area contributed by atoms with Crippen molar-refractivity contribution in [2.45, 2.75) is 153 Å². The lowest BCUT2D eigenvalue weighted by molar-refractivity contribution is -0.253. The Bertz CT molecular complexity index is 632. The van der Waals surface area contributed by atoms with E-state index in [-0.39, 0.29) is 0 Å². The maximum absolute atomic E-state index is 12.0. The van der Waals surface area contributed by atoms with Crippen LogP contribution in [-0.4, -0.2) is 63.6 Å². The molecule has 1 unspecified atom stereocenters. The maximum atomic E-state index is 12.0. The van der Waals surface area contributed by atoms with Crippen LogP contribution < -0.4 is 5.32 Å². The third kappa shape index (κ3) is 16.3. The molecule has 1 fully saturated rings. The molecule has 0 aromatic heterocycles. The zero-order valence-electron chi connectivity index (χ0n) is 23.9. The van der Waals surface area contributed by atoms with Gasteiger partial charge in [-0.25, -0.2) is 0 Å². The van der Waals surface area contributed by atoms with E-state index in [1.807, 2.05) is 12.2 Å². The summed E-state index contributed by atoms with van der Waals surface area (Å²) in [6.07, 6.45) is 24.5. The molecule has 5 atom stereocenters. The highest BCUT2D eigenvalue weighted by molar-refractivity contribution is 5.88. The second kappa shape index (κ2) is 22.7. The molecule has 0 aromatic carbocycles. The summed E-state index contributed by atoms with van der Waals surface area (Å²) in [5, 5.41) is 41.3. The fourth-order valence-corrected chi connectivity index (χ4v) is 4.70. The van der Waals surface area contributed by atoms with Crippen LogP contribution in [-0.2, 0) is 9.53 Å². The van der Waals surface area contributed by atoms with Crippen molar-refractivity contribution in [2.24, 2.45) is 0 Å². The van der Waals surface area contributed by atoms with Crippen molar-refractivity contribution >= 4 is 5.91 Å². The van der Waals surface area contributed by atoms with Crippen molar-refractivity contribution in [1.29, 1.82) is 0 Å². The lowest BCUT2D eigenvalue weighted by Crippen LogP contribution is -2.64. The van der Waals surface area contributed by atoms with E-state index in [9.17, 15) is 20.1 Å². The lowest BCUT2D eigenvalue weighted by Gasteiger charge is -2.40. The molecule has 1 rings (SSSR count). The fraction of sp³-hybridized carbons (Fsp3) is 0.833. The molecule has 0 radical (unpaired) electrons. The van der Waals surface area contributed by atoms with E-state index in [1.165, 1.54) is 102 Å². The van der Waals surface area contributed by atoms with Crippen LogP contribution in [0.5, 0.6) is 0 Å². The Morgan fingerprint density at radius 3 is 1.81 bits per heavy atom. The van der Waals surface area contributed by atoms with Gasteiger partial charge in [-0.3, -0.25) is 4.79 Å². The van der Waals surface area contributed by atoms with E-state index in [2.05, 4.69) is 5.32 Å². The van der Waals surface area contributed by atoms with Crippen LogP contribution in [0.4, 0.5) is 0 Å². The van der Waals surface area contributed by atoms with Crippen molar-refractivity contribution in [2.75, 3.05) is 6.61 Å². The van der Waals surface area contributed by atoms with Gasteiger partial charge in [0.1, 0.15) is 24.4 Å². The number of rotatable bonds is 22. The highest BCUT2D eigenvalue weighted by Gasteiger charge is 2.44. The maximum Gasteiger partial charge on any atom is 0.244 e. The molecule has 1 heterocycles. The number of aliphatic hydroxyl groups is 4. The number of unbranched alkanes of at least 4 members (excludes halogenated alkanes) is 17. The number of hydrogen-bond acceptors (Lipinski definition) is 6. The molecule has 0 aliphatic carbocycles. The minimum atomic E-state index is -1.51. The van der Waals surface area contributed by atoms with Gasteiger partial charge in [-0.1, -0.05) is 128 Å². The topological polar surface area (TPSA) is 119 Å². The summed E-state index contributed by atoms with van der Waals surface area (Å²) in [7, 11) is 0. The molecule has 216 valence electrons. The van der Waals surface area contributed by atoms with Gasteiger partial charge in [0.05, 0.1) is 6.61 Å². The Morgan fingerprint density at radius 1 is 0.784 bits per heavy atom. The molecule has 1 saturated heterocycles. The van der Waals surface area contributed by atoms with E-state index in [1.54, 1.807) is 6.08 Å². The first-order valence-electron chi connectivity index (χ1n) is 15.5. The van der Waals surface area contributed by atoms with Crippen LogP contribution in [0.15, 0.2) is 24.3 Å². The van der Waals surface area contributed by atoms with Crippen molar-refractivity contribution in [3.8, 4) is 0 Å². The molecule has 0 spiro atoms. The number of aliphatic hydroxyl groups excluding tert-OH is 4. The number of carbonyl (C=O) groups is 1. The number of carbonyl (C=O) groups excluding carboxylic acids is 1. The van der Waals surface area contributed by atoms with Crippen molar-refractivity contribution < 1.29 is 31.3 Å². The summed E-state index contributed by atoms with van der Waals surface area (Å²) in [4.78, 5) is 12.0. The van der Waals surface area contributed by atoms with E-state index < -0.39 is 43.2 Å². The second-order valence-corrected chi connectivity index (χ2v) is 10.3. The fourth-order valence-electron chi connectivity index (χ4n) is 4.70. The Kier molecular flexibility index (Phi) is 19.6. The van der Waals surface area contributed by atoms with Gasteiger partial charge >= 0.3 is 0 Å². The quantitative estimate of drug-likeness (QED) is 0.0765. The number of amides is 1. The summed E-state index contributed by atoms with van der Waals surface area (Å²) in [5.41, 5.74) is 0.